The van der Waals surface area contributed by atoms with Gasteiger partial charge in [-0.1, -0.05) is 36.4 Å². The third-order valence-corrected chi connectivity index (χ3v) is 6.19. The summed E-state index contributed by atoms with van der Waals surface area (Å²) in [6.07, 6.45) is 1.47. The summed E-state index contributed by atoms with van der Waals surface area (Å²) < 4.78 is 19.0. The zero-order chi connectivity index (χ0) is 23.3. The molecule has 2 aromatic rings. The second-order valence-corrected chi connectivity index (χ2v) is 8.33. The average molecular weight is 453 g/mol. The second kappa shape index (κ2) is 10.1. The summed E-state index contributed by atoms with van der Waals surface area (Å²) in [5.74, 6) is -0.162. The number of ether oxygens (including phenoxy) is 1. The molecule has 2 aliphatic rings. The van der Waals surface area contributed by atoms with E-state index < -0.39 is 17.4 Å². The lowest BCUT2D eigenvalue weighted by molar-refractivity contribution is -0.142. The van der Waals surface area contributed by atoms with Crippen LogP contribution in [0.3, 0.4) is 0 Å². The number of rotatable bonds is 7. The SMILES string of the molecule is CCOC(=O)CCNC1=NC(=O)N(c2cccc(F)c2)C12CCN(Cc1ccccc1)CC2. The van der Waals surface area contributed by atoms with Gasteiger partial charge < -0.3 is 10.1 Å². The number of halogens is 1. The summed E-state index contributed by atoms with van der Waals surface area (Å²) in [6.45, 7) is 4.75. The predicted molar refractivity (Wildman–Crippen MR) is 125 cm³/mol. The summed E-state index contributed by atoms with van der Waals surface area (Å²) in [7, 11) is 0. The minimum absolute atomic E-state index is 0.178. The lowest BCUT2D eigenvalue weighted by atomic mass is 9.84. The number of anilines is 1. The Bertz CT molecular complexity index is 1020. The Morgan fingerprint density at radius 3 is 2.61 bits per heavy atom. The van der Waals surface area contributed by atoms with Crippen LogP contribution in [0.15, 0.2) is 59.6 Å². The van der Waals surface area contributed by atoms with Gasteiger partial charge in [0.05, 0.1) is 13.0 Å². The van der Waals surface area contributed by atoms with Gasteiger partial charge in [0.15, 0.2) is 0 Å². The lowest BCUT2D eigenvalue weighted by Crippen LogP contribution is -2.61. The van der Waals surface area contributed by atoms with Crippen molar-refractivity contribution >= 4 is 23.5 Å². The maximum atomic E-state index is 14.0. The first kappa shape index (κ1) is 22.9. The van der Waals surface area contributed by atoms with E-state index in [0.717, 1.165) is 19.6 Å². The zero-order valence-electron chi connectivity index (χ0n) is 18.8. The third kappa shape index (κ3) is 5.06. The lowest BCUT2D eigenvalue weighted by Gasteiger charge is -2.45. The Morgan fingerprint density at radius 2 is 1.91 bits per heavy atom. The molecular formula is C25H29FN4O3. The highest BCUT2D eigenvalue weighted by molar-refractivity contribution is 6.16. The molecule has 8 heteroatoms. The van der Waals surface area contributed by atoms with Gasteiger partial charge in [0.1, 0.15) is 17.2 Å². The number of aliphatic imine (C=N–C) groups is 1. The molecule has 33 heavy (non-hydrogen) atoms. The van der Waals surface area contributed by atoms with E-state index in [2.05, 4.69) is 27.3 Å². The fourth-order valence-electron chi connectivity index (χ4n) is 4.61. The molecular weight excluding hydrogens is 423 g/mol. The Labute approximate surface area is 193 Å². The quantitative estimate of drug-likeness (QED) is 0.648. The Hall–Kier alpha value is -3.26. The monoisotopic (exact) mass is 452 g/mol. The summed E-state index contributed by atoms with van der Waals surface area (Å²) >= 11 is 0. The van der Waals surface area contributed by atoms with E-state index in [1.807, 2.05) is 18.2 Å². The second-order valence-electron chi connectivity index (χ2n) is 8.33. The average Bonchev–Trinajstić information content (AvgIpc) is 3.07. The van der Waals surface area contributed by atoms with E-state index in [-0.39, 0.29) is 12.4 Å². The summed E-state index contributed by atoms with van der Waals surface area (Å²) in [4.78, 5) is 33.0. The topological polar surface area (TPSA) is 74.2 Å². The van der Waals surface area contributed by atoms with Crippen LogP contribution in [-0.2, 0) is 16.1 Å². The highest BCUT2D eigenvalue weighted by atomic mass is 19.1. The standard InChI is InChI=1S/C25H29FN4O3/c1-2-33-22(31)11-14-27-23-25(30(24(32)28-23)21-10-6-9-20(26)17-21)12-15-29(16-13-25)18-19-7-4-3-5-8-19/h3-10,17H,2,11-16,18H2,1H3,(H,27,28,32). The van der Waals surface area contributed by atoms with Gasteiger partial charge in [-0.2, -0.15) is 4.99 Å². The highest BCUT2D eigenvalue weighted by Gasteiger charge is 2.51. The molecule has 2 aliphatic heterocycles. The van der Waals surface area contributed by atoms with E-state index >= 15 is 0 Å². The molecule has 2 heterocycles. The Balaban J connectivity index is 1.53. The Kier molecular flexibility index (Phi) is 7.03. The van der Waals surface area contributed by atoms with Crippen LogP contribution in [0, 0.1) is 5.82 Å². The van der Waals surface area contributed by atoms with Crippen molar-refractivity contribution in [3.63, 3.8) is 0 Å². The van der Waals surface area contributed by atoms with Crippen LogP contribution in [0.2, 0.25) is 0 Å². The number of amidine groups is 1. The van der Waals surface area contributed by atoms with Crippen LogP contribution in [0.1, 0.15) is 31.7 Å². The van der Waals surface area contributed by atoms with Crippen molar-refractivity contribution in [1.82, 2.24) is 10.2 Å². The number of benzene rings is 2. The van der Waals surface area contributed by atoms with Crippen LogP contribution >= 0.6 is 0 Å². The maximum Gasteiger partial charge on any atom is 0.350 e. The number of carbonyl (C=O) groups excluding carboxylic acids is 2. The third-order valence-electron chi connectivity index (χ3n) is 6.19. The molecule has 0 atom stereocenters. The molecule has 2 aromatic carbocycles. The van der Waals surface area contributed by atoms with Gasteiger partial charge in [0.25, 0.3) is 0 Å². The van der Waals surface area contributed by atoms with Gasteiger partial charge in [-0.3, -0.25) is 14.6 Å². The summed E-state index contributed by atoms with van der Waals surface area (Å²) in [5.41, 5.74) is 1.02. The van der Waals surface area contributed by atoms with Crippen LogP contribution in [0.4, 0.5) is 14.9 Å². The number of hydrogen-bond donors (Lipinski definition) is 1. The van der Waals surface area contributed by atoms with Crippen molar-refractivity contribution in [3.05, 3.63) is 66.0 Å². The molecule has 0 radical (unpaired) electrons. The Morgan fingerprint density at radius 1 is 1.15 bits per heavy atom. The van der Waals surface area contributed by atoms with E-state index in [1.165, 1.54) is 17.7 Å². The van der Waals surface area contributed by atoms with Crippen LogP contribution in [-0.4, -0.2) is 54.5 Å². The molecule has 2 amide bonds. The maximum absolute atomic E-state index is 14.0. The van der Waals surface area contributed by atoms with Crippen LogP contribution in [0.25, 0.3) is 0 Å². The smallest absolute Gasteiger partial charge is 0.350 e. The first-order valence-corrected chi connectivity index (χ1v) is 11.4. The van der Waals surface area contributed by atoms with Gasteiger partial charge >= 0.3 is 12.0 Å². The van der Waals surface area contributed by atoms with Gasteiger partial charge in [-0.05, 0) is 43.5 Å². The first-order chi connectivity index (χ1) is 16.0. The van der Waals surface area contributed by atoms with Crippen molar-refractivity contribution < 1.29 is 18.7 Å². The molecule has 0 bridgehead atoms. The number of urea groups is 1. The number of hydrogen-bond acceptors (Lipinski definition) is 5. The number of nitrogens with zero attached hydrogens (tertiary/aromatic N) is 3. The highest BCUT2D eigenvalue weighted by Crippen LogP contribution is 2.39. The molecule has 0 aliphatic carbocycles. The largest absolute Gasteiger partial charge is 0.466 e. The van der Waals surface area contributed by atoms with Gasteiger partial charge in [-0.15, -0.1) is 0 Å². The molecule has 1 N–H and O–H groups in total. The number of likely N-dealkylation sites (tertiary alicyclic amines) is 1. The zero-order valence-corrected chi connectivity index (χ0v) is 18.8. The van der Waals surface area contributed by atoms with E-state index in [9.17, 15) is 14.0 Å². The minimum atomic E-state index is -0.702. The van der Waals surface area contributed by atoms with E-state index in [4.69, 9.17) is 4.74 Å². The van der Waals surface area contributed by atoms with Crippen molar-refractivity contribution in [2.45, 2.75) is 38.3 Å². The fourth-order valence-corrected chi connectivity index (χ4v) is 4.61. The molecule has 0 saturated carbocycles. The molecule has 7 nitrogen and oxygen atoms in total. The van der Waals surface area contributed by atoms with Crippen LogP contribution < -0.4 is 10.2 Å². The van der Waals surface area contributed by atoms with Crippen molar-refractivity contribution in [2.75, 3.05) is 31.1 Å². The molecule has 0 aromatic heterocycles. The summed E-state index contributed by atoms with van der Waals surface area (Å²) in [6, 6.07) is 15.9. The van der Waals surface area contributed by atoms with Crippen molar-refractivity contribution in [1.29, 1.82) is 0 Å². The van der Waals surface area contributed by atoms with Gasteiger partial charge in [-0.25, -0.2) is 9.18 Å². The molecule has 1 fully saturated rings. The number of nitrogens with one attached hydrogen (secondary N) is 1. The number of piperidine rings is 1. The predicted octanol–water partition coefficient (Wildman–Crippen LogP) is 3.74. The first-order valence-electron chi connectivity index (χ1n) is 11.4. The van der Waals surface area contributed by atoms with E-state index in [0.29, 0.717) is 37.5 Å². The van der Waals surface area contributed by atoms with Gasteiger partial charge in [0, 0.05) is 31.9 Å². The minimum Gasteiger partial charge on any atom is -0.466 e. The number of esters is 1. The summed E-state index contributed by atoms with van der Waals surface area (Å²) in [5, 5.41) is 3.22. The normalized spacial score (nSPS) is 17.8. The molecule has 1 saturated heterocycles. The molecule has 174 valence electrons. The van der Waals surface area contributed by atoms with E-state index in [1.54, 1.807) is 24.0 Å². The molecule has 1 spiro atoms. The number of carbonyl (C=O) groups is 2. The van der Waals surface area contributed by atoms with Crippen molar-refractivity contribution in [2.24, 2.45) is 4.99 Å². The molecule has 4 rings (SSSR count). The van der Waals surface area contributed by atoms with Crippen molar-refractivity contribution in [3.8, 4) is 0 Å². The fraction of sp³-hybridized carbons (Fsp3) is 0.400. The molecule has 0 unspecified atom stereocenters. The number of amides is 2. The van der Waals surface area contributed by atoms with Gasteiger partial charge in [0.2, 0.25) is 0 Å². The van der Waals surface area contributed by atoms with Crippen LogP contribution in [0.5, 0.6) is 0 Å².